The molecular formula is C19H24N4S. The maximum atomic E-state index is 4.37. The fourth-order valence-corrected chi connectivity index (χ4v) is 4.42. The summed E-state index contributed by atoms with van der Waals surface area (Å²) in [6.07, 6.45) is 9.02. The Morgan fingerprint density at radius 2 is 2.00 bits per heavy atom. The number of hydrogen-bond acceptors (Lipinski definition) is 5. The molecule has 1 saturated carbocycles. The Labute approximate surface area is 147 Å². The van der Waals surface area contributed by atoms with Crippen molar-refractivity contribution >= 4 is 23.3 Å². The molecule has 2 aromatic rings. The second kappa shape index (κ2) is 7.11. The van der Waals surface area contributed by atoms with Gasteiger partial charge in [-0.2, -0.15) is 0 Å². The summed E-state index contributed by atoms with van der Waals surface area (Å²) in [5.41, 5.74) is 2.46. The zero-order valence-corrected chi connectivity index (χ0v) is 14.9. The lowest BCUT2D eigenvalue weighted by Crippen LogP contribution is -2.25. The predicted molar refractivity (Wildman–Crippen MR) is 98.7 cm³/mol. The zero-order valence-electron chi connectivity index (χ0n) is 14.1. The van der Waals surface area contributed by atoms with Crippen LogP contribution in [0.4, 0.5) is 11.5 Å². The minimum Gasteiger partial charge on any atom is -0.337 e. The molecule has 1 aliphatic heterocycles. The van der Waals surface area contributed by atoms with Crippen LogP contribution in [-0.4, -0.2) is 16.5 Å². The van der Waals surface area contributed by atoms with Crippen LogP contribution in [-0.2, 0) is 6.54 Å². The molecule has 0 spiro atoms. The molecule has 2 heterocycles. The molecule has 2 aliphatic rings. The van der Waals surface area contributed by atoms with E-state index in [-0.39, 0.29) is 0 Å². The van der Waals surface area contributed by atoms with E-state index in [0.717, 1.165) is 41.5 Å². The van der Waals surface area contributed by atoms with E-state index in [1.807, 2.05) is 0 Å². The van der Waals surface area contributed by atoms with Gasteiger partial charge in [0.2, 0.25) is 0 Å². The largest absolute Gasteiger partial charge is 0.337 e. The van der Waals surface area contributed by atoms with Gasteiger partial charge >= 0.3 is 0 Å². The Balaban J connectivity index is 1.35. The normalized spacial score (nSPS) is 22.4. The molecule has 0 atom stereocenters. The first-order chi connectivity index (χ1) is 11.8. The van der Waals surface area contributed by atoms with Gasteiger partial charge in [-0.05, 0) is 48.9 Å². The molecule has 1 aromatic carbocycles. The fraction of sp³-hybridized carbons (Fsp3) is 0.474. The van der Waals surface area contributed by atoms with Gasteiger partial charge < -0.3 is 10.6 Å². The highest BCUT2D eigenvalue weighted by atomic mass is 32.2. The van der Waals surface area contributed by atoms with Crippen LogP contribution in [0.25, 0.3) is 0 Å². The molecule has 5 heteroatoms. The van der Waals surface area contributed by atoms with Gasteiger partial charge in [0.1, 0.15) is 5.03 Å². The van der Waals surface area contributed by atoms with Gasteiger partial charge in [0, 0.05) is 23.8 Å². The Bertz CT molecular complexity index is 710. The number of nitrogens with one attached hydrogen (secondary N) is 2. The maximum Gasteiger partial charge on any atom is 0.163 e. The summed E-state index contributed by atoms with van der Waals surface area (Å²) >= 11 is 1.68. The quantitative estimate of drug-likeness (QED) is 0.727. The van der Waals surface area contributed by atoms with Gasteiger partial charge in [0.05, 0.1) is 5.69 Å². The minimum absolute atomic E-state index is 0.856. The number of fused-ring (bicyclic) bond motifs is 2. The number of aromatic nitrogens is 2. The van der Waals surface area contributed by atoms with Crippen molar-refractivity contribution in [1.29, 1.82) is 0 Å². The lowest BCUT2D eigenvalue weighted by Gasteiger charge is -2.26. The van der Waals surface area contributed by atoms with Gasteiger partial charge in [0.25, 0.3) is 0 Å². The highest BCUT2D eigenvalue weighted by molar-refractivity contribution is 7.99. The zero-order chi connectivity index (χ0) is 16.4. The highest BCUT2D eigenvalue weighted by Crippen LogP contribution is 2.41. The molecule has 1 aliphatic carbocycles. The van der Waals surface area contributed by atoms with Crippen LogP contribution in [0.3, 0.4) is 0 Å². The van der Waals surface area contributed by atoms with E-state index in [1.165, 1.54) is 36.1 Å². The van der Waals surface area contributed by atoms with E-state index in [9.17, 15) is 0 Å². The van der Waals surface area contributed by atoms with Crippen LogP contribution in [0, 0.1) is 11.8 Å². The number of nitrogens with zero attached hydrogens (tertiary/aromatic N) is 2. The molecule has 0 saturated heterocycles. The molecule has 2 N–H and O–H groups in total. The fourth-order valence-electron chi connectivity index (χ4n) is 3.55. The van der Waals surface area contributed by atoms with Crippen molar-refractivity contribution in [3.63, 3.8) is 0 Å². The lowest BCUT2D eigenvalue weighted by molar-refractivity contribution is 0.281. The van der Waals surface area contributed by atoms with Crippen molar-refractivity contribution in [2.75, 3.05) is 11.9 Å². The smallest absolute Gasteiger partial charge is 0.163 e. The SMILES string of the molecule is CC1CCC(CNCc2ccc3c(c2)Nc2nccnc2S3)CC1. The van der Waals surface area contributed by atoms with Gasteiger partial charge in [0.15, 0.2) is 5.82 Å². The summed E-state index contributed by atoms with van der Waals surface area (Å²) in [4.78, 5) is 9.96. The van der Waals surface area contributed by atoms with Crippen molar-refractivity contribution in [2.45, 2.75) is 49.1 Å². The predicted octanol–water partition coefficient (Wildman–Crippen LogP) is 4.60. The third-order valence-corrected chi connectivity index (χ3v) is 6.13. The molecule has 0 bridgehead atoms. The molecule has 4 rings (SSSR count). The van der Waals surface area contributed by atoms with Crippen molar-refractivity contribution < 1.29 is 0 Å². The van der Waals surface area contributed by atoms with Crippen LogP contribution in [0.1, 0.15) is 38.2 Å². The monoisotopic (exact) mass is 340 g/mol. The molecular weight excluding hydrogens is 316 g/mol. The average molecular weight is 340 g/mol. The summed E-state index contributed by atoms with van der Waals surface area (Å²) in [5.74, 6) is 2.64. The molecule has 4 nitrogen and oxygen atoms in total. The number of rotatable bonds is 4. The van der Waals surface area contributed by atoms with Crippen LogP contribution in [0.2, 0.25) is 0 Å². The summed E-state index contributed by atoms with van der Waals surface area (Å²) in [6.45, 7) is 4.45. The van der Waals surface area contributed by atoms with Crippen molar-refractivity contribution in [2.24, 2.45) is 11.8 Å². The molecule has 0 unspecified atom stereocenters. The molecule has 1 fully saturated rings. The van der Waals surface area contributed by atoms with Gasteiger partial charge in [-0.15, -0.1) is 0 Å². The first-order valence-corrected chi connectivity index (χ1v) is 9.69. The van der Waals surface area contributed by atoms with Crippen LogP contribution >= 0.6 is 11.8 Å². The third kappa shape index (κ3) is 3.57. The molecule has 0 amide bonds. The average Bonchev–Trinajstić information content (AvgIpc) is 2.61. The van der Waals surface area contributed by atoms with Crippen molar-refractivity contribution in [3.8, 4) is 0 Å². The highest BCUT2D eigenvalue weighted by Gasteiger charge is 2.19. The third-order valence-electron chi connectivity index (χ3n) is 5.07. The number of benzene rings is 1. The molecule has 0 radical (unpaired) electrons. The second-order valence-corrected chi connectivity index (χ2v) is 8.06. The number of hydrogen-bond donors (Lipinski definition) is 2. The molecule has 1 aromatic heterocycles. The topological polar surface area (TPSA) is 49.8 Å². The second-order valence-electron chi connectivity index (χ2n) is 7.02. The minimum atomic E-state index is 0.856. The standard InChI is InChI=1S/C19H24N4S/c1-13-2-4-14(5-3-13)11-20-12-15-6-7-17-16(10-15)23-18-19(24-17)22-9-8-21-18/h6-10,13-14,20H,2-5,11-12H2,1H3,(H,21,23). The Hall–Kier alpha value is -1.59. The summed E-state index contributed by atoms with van der Waals surface area (Å²) in [5, 5.41) is 8.00. The van der Waals surface area contributed by atoms with Crippen molar-refractivity contribution in [3.05, 3.63) is 36.2 Å². The van der Waals surface area contributed by atoms with Crippen LogP contribution < -0.4 is 10.6 Å². The Morgan fingerprint density at radius 3 is 2.88 bits per heavy atom. The van der Waals surface area contributed by atoms with Gasteiger partial charge in [-0.1, -0.05) is 37.6 Å². The van der Waals surface area contributed by atoms with E-state index in [2.05, 4.69) is 45.7 Å². The lowest BCUT2D eigenvalue weighted by atomic mass is 9.83. The Morgan fingerprint density at radius 1 is 1.17 bits per heavy atom. The van der Waals surface area contributed by atoms with Crippen molar-refractivity contribution in [1.82, 2.24) is 15.3 Å². The molecule has 126 valence electrons. The van der Waals surface area contributed by atoms with E-state index in [1.54, 1.807) is 24.2 Å². The van der Waals surface area contributed by atoms with Crippen LogP contribution in [0.15, 0.2) is 40.5 Å². The van der Waals surface area contributed by atoms with E-state index in [4.69, 9.17) is 0 Å². The van der Waals surface area contributed by atoms with E-state index >= 15 is 0 Å². The maximum absolute atomic E-state index is 4.37. The van der Waals surface area contributed by atoms with E-state index in [0.29, 0.717) is 0 Å². The first-order valence-electron chi connectivity index (χ1n) is 8.87. The summed E-state index contributed by atoms with van der Waals surface area (Å²) in [6, 6.07) is 6.63. The number of anilines is 2. The van der Waals surface area contributed by atoms with Gasteiger partial charge in [-0.25, -0.2) is 9.97 Å². The van der Waals surface area contributed by atoms with Crippen LogP contribution in [0.5, 0.6) is 0 Å². The van der Waals surface area contributed by atoms with E-state index < -0.39 is 0 Å². The Kier molecular flexibility index (Phi) is 4.72. The molecule has 24 heavy (non-hydrogen) atoms. The first kappa shape index (κ1) is 15.9. The summed E-state index contributed by atoms with van der Waals surface area (Å²) in [7, 11) is 0. The van der Waals surface area contributed by atoms with Gasteiger partial charge in [-0.3, -0.25) is 0 Å². The summed E-state index contributed by atoms with van der Waals surface area (Å²) < 4.78 is 0.